The molecule has 1 fully saturated rings. The van der Waals surface area contributed by atoms with Gasteiger partial charge in [-0.15, -0.1) is 0 Å². The molecule has 0 bridgehead atoms. The number of carbonyl (C=O) groups is 7. The number of hydrogen-bond acceptors (Lipinski definition) is 12. The van der Waals surface area contributed by atoms with E-state index in [4.69, 9.17) is 10.8 Å². The van der Waals surface area contributed by atoms with Gasteiger partial charge in [-0.05, 0) is 56.7 Å². The topological polar surface area (TPSA) is 310 Å². The van der Waals surface area contributed by atoms with Crippen molar-refractivity contribution < 1.29 is 59.1 Å². The van der Waals surface area contributed by atoms with E-state index in [9.17, 15) is 54.0 Å². The fraction of sp³-hybridized carbons (Fsp3) is 0.594. The fourth-order valence-electron chi connectivity index (χ4n) is 5.23. The molecule has 0 spiro atoms. The number of aliphatic hydroxyl groups excluding tert-OH is 3. The average molecular weight is 724 g/mol. The van der Waals surface area contributed by atoms with E-state index in [1.807, 2.05) is 5.32 Å². The Morgan fingerprint density at radius 2 is 1.39 bits per heavy atom. The number of nitrogens with one attached hydrogen (secondary N) is 5. The zero-order chi connectivity index (χ0) is 38.6. The molecule has 19 nitrogen and oxygen atoms in total. The van der Waals surface area contributed by atoms with E-state index in [0.717, 1.165) is 6.92 Å². The molecule has 51 heavy (non-hydrogen) atoms. The summed E-state index contributed by atoms with van der Waals surface area (Å²) < 4.78 is 0. The summed E-state index contributed by atoms with van der Waals surface area (Å²) in [7, 11) is 0. The predicted octanol–water partition coefficient (Wildman–Crippen LogP) is -4.20. The Labute approximate surface area is 294 Å². The molecule has 1 aliphatic rings. The SMILES string of the molecule is CC(C)[C@H](NC(=O)[C@@H]1CCCN1C(=O)[C@H](CO)NC(=O)[C@@H](N)Cc1ccc(O)cc1)C(=O)N[C@@H](C)C(=O)N[C@@H](CO)C(=O)N[C@H](C(=O)O)[C@@H](C)O. The van der Waals surface area contributed by atoms with Gasteiger partial charge in [-0.2, -0.15) is 0 Å². The molecule has 1 saturated heterocycles. The number of carbonyl (C=O) groups excluding carboxylic acids is 6. The fourth-order valence-corrected chi connectivity index (χ4v) is 5.23. The molecule has 0 aromatic heterocycles. The number of hydrogen-bond donors (Lipinski definition) is 11. The Kier molecular flexibility index (Phi) is 16.2. The van der Waals surface area contributed by atoms with Gasteiger partial charge >= 0.3 is 5.97 Å². The first kappa shape index (κ1) is 42.3. The number of phenolic OH excluding ortho intramolecular Hbond substituents is 1. The molecule has 0 aliphatic carbocycles. The Balaban J connectivity index is 2.03. The number of amides is 6. The number of carboxylic acids is 1. The molecule has 1 heterocycles. The van der Waals surface area contributed by atoms with E-state index in [1.54, 1.807) is 26.0 Å². The lowest BCUT2D eigenvalue weighted by Crippen LogP contribution is -2.60. The number of nitrogens with two attached hydrogens (primary N) is 1. The number of aromatic hydroxyl groups is 1. The minimum atomic E-state index is -1.71. The van der Waals surface area contributed by atoms with Gasteiger partial charge in [0.25, 0.3) is 0 Å². The van der Waals surface area contributed by atoms with Crippen LogP contribution in [0, 0.1) is 5.92 Å². The van der Waals surface area contributed by atoms with Crippen molar-refractivity contribution in [1.82, 2.24) is 31.5 Å². The first-order valence-corrected chi connectivity index (χ1v) is 16.4. The maximum atomic E-state index is 13.4. The summed E-state index contributed by atoms with van der Waals surface area (Å²) in [6.07, 6.45) is -0.768. The van der Waals surface area contributed by atoms with E-state index >= 15 is 0 Å². The standard InChI is InChI=1S/C32H49N7O12/c1-15(2)24(30(48)34-16(3)26(44)35-21(13-40)28(46)38-25(17(4)42)32(50)51)37-29(47)23-6-5-11-39(23)31(49)22(14-41)36-27(45)20(33)12-18-7-9-19(43)10-8-18/h7-10,15-17,20-25,40-43H,5-6,11-14,33H2,1-4H3,(H,34,48)(H,35,44)(H,36,45)(H,37,47)(H,38,46)(H,50,51)/t16-,17+,20-,21-,22-,23-,24-,25-/m0/s1. The van der Waals surface area contributed by atoms with Crippen LogP contribution in [0.3, 0.4) is 0 Å². The Bertz CT molecular complexity index is 1410. The molecule has 0 unspecified atom stereocenters. The molecule has 284 valence electrons. The highest BCUT2D eigenvalue weighted by Crippen LogP contribution is 2.20. The van der Waals surface area contributed by atoms with Crippen LogP contribution in [0.2, 0.25) is 0 Å². The van der Waals surface area contributed by atoms with Gasteiger partial charge in [0.05, 0.1) is 25.4 Å². The van der Waals surface area contributed by atoms with Crippen LogP contribution in [0.1, 0.15) is 46.1 Å². The minimum Gasteiger partial charge on any atom is -0.508 e. The first-order chi connectivity index (χ1) is 23.9. The van der Waals surface area contributed by atoms with Gasteiger partial charge in [-0.1, -0.05) is 26.0 Å². The maximum Gasteiger partial charge on any atom is 0.328 e. The monoisotopic (exact) mass is 723 g/mol. The summed E-state index contributed by atoms with van der Waals surface area (Å²) in [6, 6.07) is -3.35. The van der Waals surface area contributed by atoms with Crippen molar-refractivity contribution in [2.24, 2.45) is 11.7 Å². The van der Waals surface area contributed by atoms with Gasteiger partial charge in [-0.25, -0.2) is 4.79 Å². The summed E-state index contributed by atoms with van der Waals surface area (Å²) in [6.45, 7) is 4.06. The molecule has 1 aromatic rings. The van der Waals surface area contributed by atoms with Crippen LogP contribution < -0.4 is 32.3 Å². The normalized spacial score (nSPS) is 18.3. The van der Waals surface area contributed by atoms with Gasteiger partial charge in [-0.3, -0.25) is 28.8 Å². The summed E-state index contributed by atoms with van der Waals surface area (Å²) >= 11 is 0. The molecule has 6 amide bonds. The zero-order valence-corrected chi connectivity index (χ0v) is 28.9. The second kappa shape index (κ2) is 19.5. The van der Waals surface area contributed by atoms with Crippen LogP contribution in [-0.2, 0) is 40.0 Å². The number of carboxylic acid groups (broad SMARTS) is 1. The largest absolute Gasteiger partial charge is 0.508 e. The summed E-state index contributed by atoms with van der Waals surface area (Å²) in [5.74, 6) is -6.98. The molecular weight excluding hydrogens is 674 g/mol. The smallest absolute Gasteiger partial charge is 0.328 e. The van der Waals surface area contributed by atoms with E-state index in [2.05, 4.69) is 21.3 Å². The quantitative estimate of drug-likeness (QED) is 0.0686. The summed E-state index contributed by atoms with van der Waals surface area (Å²) in [5, 5.41) is 59.4. The van der Waals surface area contributed by atoms with Crippen LogP contribution in [0.4, 0.5) is 0 Å². The Morgan fingerprint density at radius 1 is 0.804 bits per heavy atom. The molecule has 0 radical (unpaired) electrons. The van der Waals surface area contributed by atoms with Crippen LogP contribution in [0.5, 0.6) is 5.75 Å². The van der Waals surface area contributed by atoms with Crippen molar-refractivity contribution in [3.63, 3.8) is 0 Å². The van der Waals surface area contributed by atoms with E-state index in [1.165, 1.54) is 24.0 Å². The summed E-state index contributed by atoms with van der Waals surface area (Å²) in [4.78, 5) is 90.5. The second-order valence-electron chi connectivity index (χ2n) is 12.7. The molecule has 1 aromatic carbocycles. The van der Waals surface area contributed by atoms with Crippen LogP contribution in [0.15, 0.2) is 24.3 Å². The number of nitrogens with zero attached hydrogens (tertiary/aromatic N) is 1. The van der Waals surface area contributed by atoms with E-state index in [0.29, 0.717) is 12.0 Å². The van der Waals surface area contributed by atoms with E-state index < -0.39 is 109 Å². The maximum absolute atomic E-state index is 13.4. The molecule has 2 rings (SSSR count). The second-order valence-corrected chi connectivity index (χ2v) is 12.7. The number of likely N-dealkylation sites (tertiary alicyclic amines) is 1. The van der Waals surface area contributed by atoms with Crippen LogP contribution in [0.25, 0.3) is 0 Å². The number of aliphatic hydroxyl groups is 3. The third kappa shape index (κ3) is 12.2. The number of aliphatic carboxylic acids is 1. The van der Waals surface area contributed by atoms with Crippen LogP contribution in [-0.4, -0.2) is 140 Å². The highest BCUT2D eigenvalue weighted by Gasteiger charge is 2.40. The van der Waals surface area contributed by atoms with Gasteiger partial charge in [0.15, 0.2) is 6.04 Å². The lowest BCUT2D eigenvalue weighted by atomic mass is 10.0. The lowest BCUT2D eigenvalue weighted by Gasteiger charge is -2.30. The minimum absolute atomic E-state index is 0.0367. The van der Waals surface area contributed by atoms with Crippen molar-refractivity contribution in [3.8, 4) is 5.75 Å². The molecule has 19 heteroatoms. The number of rotatable bonds is 18. The van der Waals surface area contributed by atoms with Crippen molar-refractivity contribution in [3.05, 3.63) is 29.8 Å². The molecule has 1 aliphatic heterocycles. The predicted molar refractivity (Wildman–Crippen MR) is 178 cm³/mol. The first-order valence-electron chi connectivity index (χ1n) is 16.4. The van der Waals surface area contributed by atoms with Crippen molar-refractivity contribution in [1.29, 1.82) is 0 Å². The third-order valence-corrected chi connectivity index (χ3v) is 8.23. The summed E-state index contributed by atoms with van der Waals surface area (Å²) in [5.41, 5.74) is 6.65. The van der Waals surface area contributed by atoms with Crippen LogP contribution >= 0.6 is 0 Å². The zero-order valence-electron chi connectivity index (χ0n) is 28.9. The molecule has 0 saturated carbocycles. The Hall–Kier alpha value is -4.85. The average Bonchev–Trinajstić information content (AvgIpc) is 3.57. The van der Waals surface area contributed by atoms with Crippen molar-refractivity contribution in [2.45, 2.75) is 95.4 Å². The van der Waals surface area contributed by atoms with Gasteiger partial charge in [0, 0.05) is 6.54 Å². The van der Waals surface area contributed by atoms with Crippen molar-refractivity contribution >= 4 is 41.4 Å². The number of benzene rings is 1. The third-order valence-electron chi connectivity index (χ3n) is 8.23. The van der Waals surface area contributed by atoms with E-state index in [-0.39, 0.29) is 25.1 Å². The van der Waals surface area contributed by atoms with Gasteiger partial charge in [0.2, 0.25) is 35.4 Å². The van der Waals surface area contributed by atoms with Crippen molar-refractivity contribution in [2.75, 3.05) is 19.8 Å². The van der Waals surface area contributed by atoms with Gasteiger partial charge in [0.1, 0.15) is 36.0 Å². The Morgan fingerprint density at radius 3 is 1.92 bits per heavy atom. The number of phenols is 1. The lowest BCUT2D eigenvalue weighted by molar-refractivity contribution is -0.145. The molecular formula is C32H49N7O12. The van der Waals surface area contributed by atoms with Gasteiger partial charge < -0.3 is 62.8 Å². The molecule has 8 atom stereocenters. The highest BCUT2D eigenvalue weighted by molar-refractivity contribution is 5.97. The highest BCUT2D eigenvalue weighted by atomic mass is 16.4. The molecule has 12 N–H and O–H groups in total.